The van der Waals surface area contributed by atoms with E-state index >= 15 is 0 Å². The molecule has 78 heavy (non-hydrogen) atoms. The topological polar surface area (TPSA) is 214 Å². The molecule has 0 unspecified atom stereocenters. The smallest absolute Gasteiger partial charge is 0.292 e. The van der Waals surface area contributed by atoms with Gasteiger partial charge in [0.2, 0.25) is 0 Å². The third-order valence-electron chi connectivity index (χ3n) is 14.2. The minimum absolute atomic E-state index is 0.0275. The molecular formula is C56H70F2N10O9Si. The zero-order valence-corrected chi connectivity index (χ0v) is 47.2. The van der Waals surface area contributed by atoms with E-state index in [0.717, 1.165) is 17.2 Å². The fraction of sp³-hybridized carbons (Fsp3) is 0.429. The molecule has 6 aromatic rings. The largest absolute Gasteiger partial charge is 0.494 e. The van der Waals surface area contributed by atoms with E-state index in [0.29, 0.717) is 56.9 Å². The normalized spacial score (nSPS) is 18.1. The molecule has 0 spiro atoms. The third kappa shape index (κ3) is 13.3. The molecule has 22 heteroatoms. The Hall–Kier alpha value is -7.40. The van der Waals surface area contributed by atoms with Gasteiger partial charge in [-0.15, -0.1) is 0 Å². The van der Waals surface area contributed by atoms with Gasteiger partial charge in [-0.25, -0.2) is 18.7 Å². The van der Waals surface area contributed by atoms with Gasteiger partial charge in [0.25, 0.3) is 35.2 Å². The number of methoxy groups -OCH3 is 2. The highest BCUT2D eigenvalue weighted by atomic mass is 28.3. The second kappa shape index (κ2) is 24.9. The van der Waals surface area contributed by atoms with E-state index in [4.69, 9.17) is 14.2 Å². The number of ether oxygens (including phenoxy) is 3. The van der Waals surface area contributed by atoms with Crippen molar-refractivity contribution in [2.75, 3.05) is 61.1 Å². The summed E-state index contributed by atoms with van der Waals surface area (Å²) in [6.07, 6.45) is 2.96. The van der Waals surface area contributed by atoms with Gasteiger partial charge in [0, 0.05) is 117 Å². The number of rotatable bonds is 17. The van der Waals surface area contributed by atoms with Crippen LogP contribution in [0.2, 0.25) is 25.7 Å². The van der Waals surface area contributed by atoms with Crippen molar-refractivity contribution in [3.63, 3.8) is 0 Å². The van der Waals surface area contributed by atoms with Crippen molar-refractivity contribution in [2.45, 2.75) is 97.4 Å². The standard InChI is InChI=1S/C31H42FN5O5Si.C25H28FN5O4/c1-20-16-37(21(2)15-35(20)17-22-8-10-23(32)11-9-22)31(40)28-26(41-4)14-25-27(34-28)24(29(38)30(39)33-3)18-36(25)19-42-12-13-43(5,6)7;1-14-12-31(15(2)11-30(14)13-16-5-7-17(26)8-6-16)25(34)22-20(35-4)9-19-21(29-22)18(10-28-19)23(32)24(33)27-3/h8-11,14,18,20-21H,12-13,15-17,19H2,1-7H3,(H,33,39);5-10,14-15,28H,11-13H2,1-4H3,(H,27,33)/t20-,21+;14-,15+/m00/s1. The van der Waals surface area contributed by atoms with Crippen LogP contribution in [0.5, 0.6) is 11.5 Å². The first-order chi connectivity index (χ1) is 37.0. The monoisotopic (exact) mass is 1090 g/mol. The summed E-state index contributed by atoms with van der Waals surface area (Å²) in [5.41, 5.74) is 3.81. The number of nitrogens with zero attached hydrogens (tertiary/aromatic N) is 7. The van der Waals surface area contributed by atoms with Crippen molar-refractivity contribution in [2.24, 2.45) is 0 Å². The Labute approximate surface area is 453 Å². The number of aromatic nitrogens is 4. The van der Waals surface area contributed by atoms with E-state index in [2.05, 4.69) is 55.0 Å². The average molecular weight is 1090 g/mol. The van der Waals surface area contributed by atoms with Gasteiger partial charge in [-0.1, -0.05) is 43.9 Å². The first-order valence-electron chi connectivity index (χ1n) is 25.9. The van der Waals surface area contributed by atoms with Crippen LogP contribution in [0.3, 0.4) is 0 Å². The number of nitrogens with one attached hydrogen (secondary N) is 3. The summed E-state index contributed by atoms with van der Waals surface area (Å²) in [6, 6.07) is 16.9. The number of carbonyl (C=O) groups excluding carboxylic acids is 6. The minimum Gasteiger partial charge on any atom is -0.494 e. The molecule has 3 N–H and O–H groups in total. The van der Waals surface area contributed by atoms with E-state index in [1.807, 2.05) is 27.7 Å². The summed E-state index contributed by atoms with van der Waals surface area (Å²) in [5.74, 6) is -3.67. The molecule has 416 valence electrons. The molecule has 2 fully saturated rings. The Kier molecular flexibility index (Phi) is 18.6. The number of fused-ring (bicyclic) bond motifs is 2. The lowest BCUT2D eigenvalue weighted by atomic mass is 10.1. The van der Waals surface area contributed by atoms with Crippen molar-refractivity contribution < 1.29 is 51.8 Å². The number of hydrogen-bond donors (Lipinski definition) is 3. The Bertz CT molecular complexity index is 3180. The highest BCUT2D eigenvalue weighted by Crippen LogP contribution is 2.32. The maximum Gasteiger partial charge on any atom is 0.292 e. The molecule has 0 radical (unpaired) electrons. The number of piperazine rings is 2. The van der Waals surface area contributed by atoms with Gasteiger partial charge in [-0.3, -0.25) is 38.6 Å². The molecule has 19 nitrogen and oxygen atoms in total. The molecule has 2 aliphatic heterocycles. The number of benzene rings is 2. The number of amides is 4. The van der Waals surface area contributed by atoms with Crippen LogP contribution in [0.15, 0.2) is 73.1 Å². The molecule has 4 aromatic heterocycles. The fourth-order valence-electron chi connectivity index (χ4n) is 9.62. The number of likely N-dealkylation sites (N-methyl/N-ethyl adjacent to an activating group) is 2. The molecule has 0 aliphatic carbocycles. The van der Waals surface area contributed by atoms with E-state index in [9.17, 15) is 37.5 Å². The molecule has 2 aliphatic rings. The Morgan fingerprint density at radius 1 is 0.654 bits per heavy atom. The van der Waals surface area contributed by atoms with Gasteiger partial charge in [0.05, 0.1) is 36.4 Å². The summed E-state index contributed by atoms with van der Waals surface area (Å²) in [5, 5.41) is 4.69. The van der Waals surface area contributed by atoms with Gasteiger partial charge in [-0.05, 0) is 69.1 Å². The number of halogens is 2. The lowest BCUT2D eigenvalue weighted by molar-refractivity contribution is -0.117. The molecule has 8 rings (SSSR count). The van der Waals surface area contributed by atoms with Crippen molar-refractivity contribution in [1.29, 1.82) is 0 Å². The second-order valence-electron chi connectivity index (χ2n) is 21.1. The van der Waals surface area contributed by atoms with Crippen LogP contribution in [-0.2, 0) is 34.1 Å². The van der Waals surface area contributed by atoms with Crippen LogP contribution >= 0.6 is 0 Å². The Morgan fingerprint density at radius 3 is 1.58 bits per heavy atom. The van der Waals surface area contributed by atoms with Crippen molar-refractivity contribution in [3.8, 4) is 11.5 Å². The van der Waals surface area contributed by atoms with Gasteiger partial charge in [-0.2, -0.15) is 0 Å². The molecule has 2 aromatic carbocycles. The molecule has 0 saturated carbocycles. The molecule has 0 bridgehead atoms. The fourth-order valence-corrected chi connectivity index (χ4v) is 10.4. The van der Waals surface area contributed by atoms with Crippen molar-refractivity contribution in [3.05, 3.63) is 118 Å². The van der Waals surface area contributed by atoms with Crippen LogP contribution in [0, 0.1) is 11.6 Å². The highest BCUT2D eigenvalue weighted by molar-refractivity contribution is 6.76. The Morgan fingerprint density at radius 2 is 1.12 bits per heavy atom. The summed E-state index contributed by atoms with van der Waals surface area (Å²) >= 11 is 0. The van der Waals surface area contributed by atoms with Crippen LogP contribution in [-0.4, -0.2) is 168 Å². The van der Waals surface area contributed by atoms with E-state index in [1.54, 1.807) is 57.0 Å². The number of pyridine rings is 2. The quantitative estimate of drug-likeness (QED) is 0.0384. The molecule has 2 saturated heterocycles. The van der Waals surface area contributed by atoms with E-state index in [-0.39, 0.29) is 99.4 Å². The van der Waals surface area contributed by atoms with Crippen LogP contribution in [0.4, 0.5) is 8.78 Å². The number of carbonyl (C=O) groups is 6. The Balaban J connectivity index is 0.000000231. The number of ketones is 2. The number of aromatic amines is 1. The van der Waals surface area contributed by atoms with Crippen molar-refractivity contribution in [1.82, 2.24) is 49.8 Å². The highest BCUT2D eigenvalue weighted by Gasteiger charge is 2.37. The van der Waals surface area contributed by atoms with E-state index < -0.39 is 31.5 Å². The molecule has 4 atom stereocenters. The predicted octanol–water partition coefficient (Wildman–Crippen LogP) is 6.53. The lowest BCUT2D eigenvalue weighted by Crippen LogP contribution is -2.57. The molecule has 6 heterocycles. The van der Waals surface area contributed by atoms with E-state index in [1.165, 1.54) is 58.8 Å². The third-order valence-corrected chi connectivity index (χ3v) is 15.9. The zero-order chi connectivity index (χ0) is 56.7. The SMILES string of the molecule is CNC(=O)C(=O)c1c[nH]c2cc(OC)c(C(=O)N3C[C@H](C)N(Cc4ccc(F)cc4)C[C@H]3C)nc12.CNC(=O)C(=O)c1cn(COCC[Si](C)(C)C)c2cc(OC)c(C(=O)N3C[C@H](C)N(Cc4ccc(F)cc4)C[C@H]3C)nc12. The number of H-pyrrole nitrogens is 1. The first kappa shape index (κ1) is 58.3. The van der Waals surface area contributed by atoms with Gasteiger partial charge < -0.3 is 44.2 Å². The summed E-state index contributed by atoms with van der Waals surface area (Å²) in [6.45, 7) is 19.0. The van der Waals surface area contributed by atoms with Crippen LogP contribution in [0.1, 0.15) is 80.5 Å². The predicted molar refractivity (Wildman–Crippen MR) is 293 cm³/mol. The van der Waals surface area contributed by atoms with Gasteiger partial charge >= 0.3 is 0 Å². The second-order valence-corrected chi connectivity index (χ2v) is 26.8. The summed E-state index contributed by atoms with van der Waals surface area (Å²) < 4.78 is 45.4. The first-order valence-corrected chi connectivity index (χ1v) is 29.6. The lowest BCUT2D eigenvalue weighted by Gasteiger charge is -2.44. The number of Topliss-reactive ketones (excluding diaryl/α,β-unsaturated/α-hetero) is 2. The maximum atomic E-state index is 14.0. The minimum atomic E-state index is -1.30. The summed E-state index contributed by atoms with van der Waals surface area (Å²) in [4.78, 5) is 97.4. The number of hydrogen-bond acceptors (Lipinski definition) is 13. The molecular weight excluding hydrogens is 1020 g/mol. The zero-order valence-electron chi connectivity index (χ0n) is 46.2. The van der Waals surface area contributed by atoms with Crippen LogP contribution in [0.25, 0.3) is 22.1 Å². The summed E-state index contributed by atoms with van der Waals surface area (Å²) in [7, 11) is 4.39. The van der Waals surface area contributed by atoms with Crippen LogP contribution < -0.4 is 20.1 Å². The molecule has 4 amide bonds. The van der Waals surface area contributed by atoms with Gasteiger partial charge in [0.1, 0.15) is 29.4 Å². The van der Waals surface area contributed by atoms with Crippen molar-refractivity contribution >= 4 is 65.3 Å². The average Bonchev–Trinajstić information content (AvgIpc) is 4.05. The van der Waals surface area contributed by atoms with Gasteiger partial charge in [0.15, 0.2) is 22.9 Å². The maximum absolute atomic E-state index is 14.0.